The second kappa shape index (κ2) is 8.00. The zero-order valence-electron chi connectivity index (χ0n) is 16.0. The van der Waals surface area contributed by atoms with E-state index in [1.165, 1.54) is 16.7 Å². The van der Waals surface area contributed by atoms with Gasteiger partial charge in [-0.15, -0.1) is 0 Å². The molecule has 0 spiro atoms. The summed E-state index contributed by atoms with van der Waals surface area (Å²) in [4.78, 5) is 52.9. The minimum absolute atomic E-state index is 0.131. The number of para-hydroxylation sites is 1. The van der Waals surface area contributed by atoms with Crippen molar-refractivity contribution in [2.24, 2.45) is 0 Å². The fourth-order valence-corrected chi connectivity index (χ4v) is 4.54. The fourth-order valence-electron chi connectivity index (χ4n) is 3.20. The Bertz CT molecular complexity index is 980. The lowest BCUT2D eigenvalue weighted by Gasteiger charge is -2.34. The molecule has 0 radical (unpaired) electrons. The van der Waals surface area contributed by atoms with Crippen LogP contribution < -0.4 is 4.90 Å². The predicted octanol–water partition coefficient (Wildman–Crippen LogP) is 1.18. The predicted molar refractivity (Wildman–Crippen MR) is 101 cm³/mol. The number of carbonyl (C=O) groups is 4. The van der Waals surface area contributed by atoms with Crippen LogP contribution >= 0.6 is 11.8 Å². The molecule has 0 fully saturated rings. The maximum atomic E-state index is 12.7. The Labute approximate surface area is 170 Å². The van der Waals surface area contributed by atoms with Crippen LogP contribution in [0.1, 0.15) is 0 Å². The summed E-state index contributed by atoms with van der Waals surface area (Å²) >= 11 is 1.22. The van der Waals surface area contributed by atoms with Crippen molar-refractivity contribution < 1.29 is 38.1 Å². The van der Waals surface area contributed by atoms with Gasteiger partial charge in [0.15, 0.2) is 0 Å². The third kappa shape index (κ3) is 3.15. The first kappa shape index (κ1) is 20.5. The topological polar surface area (TPSA) is 108 Å². The Morgan fingerprint density at radius 2 is 1.34 bits per heavy atom. The number of nitrogens with zero attached hydrogens (tertiary/aromatic N) is 1. The number of fused-ring (bicyclic) bond motifs is 3. The van der Waals surface area contributed by atoms with E-state index in [0.717, 1.165) is 33.3 Å². The van der Waals surface area contributed by atoms with E-state index in [9.17, 15) is 19.2 Å². The van der Waals surface area contributed by atoms with E-state index in [-0.39, 0.29) is 11.3 Å². The van der Waals surface area contributed by atoms with Crippen LogP contribution in [0.3, 0.4) is 0 Å². The molecular weight excluding hydrogens is 402 g/mol. The summed E-state index contributed by atoms with van der Waals surface area (Å²) in [6.07, 6.45) is 0. The molecule has 1 aromatic rings. The van der Waals surface area contributed by atoms with E-state index in [1.807, 2.05) is 0 Å². The van der Waals surface area contributed by atoms with Crippen LogP contribution in [0.25, 0.3) is 0 Å². The number of rotatable bonds is 4. The first-order valence-corrected chi connectivity index (χ1v) is 9.16. The summed E-state index contributed by atoms with van der Waals surface area (Å²) in [6, 6.07) is 7.04. The molecule has 10 heteroatoms. The van der Waals surface area contributed by atoms with Gasteiger partial charge in [-0.1, -0.05) is 23.9 Å². The van der Waals surface area contributed by atoms with Gasteiger partial charge in [-0.2, -0.15) is 0 Å². The van der Waals surface area contributed by atoms with Crippen molar-refractivity contribution in [3.63, 3.8) is 0 Å². The number of anilines is 1. The molecule has 1 aromatic carbocycles. The Morgan fingerprint density at radius 1 is 0.793 bits per heavy atom. The van der Waals surface area contributed by atoms with E-state index < -0.39 is 40.4 Å². The molecule has 2 heterocycles. The van der Waals surface area contributed by atoms with Gasteiger partial charge < -0.3 is 23.8 Å². The summed E-state index contributed by atoms with van der Waals surface area (Å²) in [6.45, 7) is 0. The number of thioether (sulfide) groups is 1. The number of ether oxygens (including phenoxy) is 4. The lowest BCUT2D eigenvalue weighted by atomic mass is 9.92. The Morgan fingerprint density at radius 3 is 1.93 bits per heavy atom. The molecule has 0 aliphatic carbocycles. The molecule has 0 bridgehead atoms. The highest BCUT2D eigenvalue weighted by atomic mass is 32.2. The third-order valence-corrected chi connectivity index (χ3v) is 5.67. The van der Waals surface area contributed by atoms with Gasteiger partial charge in [-0.3, -0.25) is 0 Å². The summed E-state index contributed by atoms with van der Waals surface area (Å²) in [7, 11) is 4.49. The molecule has 0 aromatic heterocycles. The standard InChI is InChI=1S/C19H17NO8S/c1-25-16(21)11-12(17(22)26-2)14(19(24)28-4)20-9-7-5-6-8-10(9)29-15(20)13(11)18(23)27-3/h5-8,15H,1-4H3/t15-/m0/s1. The quantitative estimate of drug-likeness (QED) is 0.521. The molecule has 0 N–H and O–H groups in total. The number of carbonyl (C=O) groups excluding carboxylic acids is 4. The average Bonchev–Trinajstić information content (AvgIpc) is 3.14. The SMILES string of the molecule is COC(=O)C1=C(C(=O)OC)[C@@H]2Sc3ccccc3N2C(C(=O)OC)=C1C(=O)OC. The van der Waals surface area contributed by atoms with Crippen molar-refractivity contribution in [1.29, 1.82) is 0 Å². The highest BCUT2D eigenvalue weighted by molar-refractivity contribution is 8.00. The van der Waals surface area contributed by atoms with Crippen molar-refractivity contribution >= 4 is 41.3 Å². The van der Waals surface area contributed by atoms with Crippen LogP contribution in [0.5, 0.6) is 0 Å². The van der Waals surface area contributed by atoms with Gasteiger partial charge in [0.05, 0.1) is 45.3 Å². The number of benzene rings is 1. The van der Waals surface area contributed by atoms with Crippen LogP contribution in [0, 0.1) is 0 Å². The van der Waals surface area contributed by atoms with Gasteiger partial charge in [0.25, 0.3) is 0 Å². The number of esters is 4. The van der Waals surface area contributed by atoms with E-state index in [1.54, 1.807) is 24.3 Å². The highest BCUT2D eigenvalue weighted by Gasteiger charge is 2.50. The number of hydrogen-bond donors (Lipinski definition) is 0. The van der Waals surface area contributed by atoms with E-state index >= 15 is 0 Å². The van der Waals surface area contributed by atoms with Gasteiger partial charge in [-0.05, 0) is 12.1 Å². The fraction of sp³-hybridized carbons (Fsp3) is 0.263. The lowest BCUT2D eigenvalue weighted by Crippen LogP contribution is -2.44. The van der Waals surface area contributed by atoms with Crippen molar-refractivity contribution in [2.75, 3.05) is 33.3 Å². The van der Waals surface area contributed by atoms with Crippen LogP contribution in [-0.2, 0) is 38.1 Å². The Kier molecular flexibility index (Phi) is 5.64. The van der Waals surface area contributed by atoms with Crippen molar-refractivity contribution in [2.45, 2.75) is 10.3 Å². The van der Waals surface area contributed by atoms with Gasteiger partial charge in [-0.25, -0.2) is 19.2 Å². The van der Waals surface area contributed by atoms with E-state index in [4.69, 9.17) is 18.9 Å². The van der Waals surface area contributed by atoms with E-state index in [2.05, 4.69) is 0 Å². The first-order valence-electron chi connectivity index (χ1n) is 8.28. The average molecular weight is 419 g/mol. The molecule has 0 amide bonds. The molecule has 3 rings (SSSR count). The second-order valence-electron chi connectivity index (χ2n) is 5.79. The Hall–Kier alpha value is -3.27. The first-order chi connectivity index (χ1) is 13.9. The van der Waals surface area contributed by atoms with Crippen LogP contribution in [-0.4, -0.2) is 57.7 Å². The van der Waals surface area contributed by atoms with Crippen LogP contribution in [0.2, 0.25) is 0 Å². The monoisotopic (exact) mass is 419 g/mol. The van der Waals surface area contributed by atoms with Gasteiger partial charge in [0.1, 0.15) is 16.6 Å². The zero-order valence-corrected chi connectivity index (χ0v) is 16.8. The van der Waals surface area contributed by atoms with E-state index in [0.29, 0.717) is 5.69 Å². The van der Waals surface area contributed by atoms with Gasteiger partial charge >= 0.3 is 23.9 Å². The van der Waals surface area contributed by atoms with Crippen molar-refractivity contribution in [1.82, 2.24) is 0 Å². The molecule has 2 aliphatic rings. The minimum atomic E-state index is -1.000. The molecule has 0 unspecified atom stereocenters. The molecule has 1 atom stereocenters. The van der Waals surface area contributed by atoms with Crippen LogP contribution in [0.4, 0.5) is 5.69 Å². The molecule has 152 valence electrons. The Balaban J connectivity index is 2.45. The maximum Gasteiger partial charge on any atom is 0.355 e. The lowest BCUT2D eigenvalue weighted by molar-refractivity contribution is -0.142. The zero-order chi connectivity index (χ0) is 21.3. The summed E-state index contributed by atoms with van der Waals surface area (Å²) in [5, 5.41) is -0.851. The summed E-state index contributed by atoms with van der Waals surface area (Å²) in [5.74, 6) is -3.70. The molecule has 9 nitrogen and oxygen atoms in total. The smallest absolute Gasteiger partial charge is 0.355 e. The molecule has 0 saturated heterocycles. The molecule has 29 heavy (non-hydrogen) atoms. The third-order valence-electron chi connectivity index (χ3n) is 4.40. The minimum Gasteiger partial charge on any atom is -0.466 e. The van der Waals surface area contributed by atoms with Gasteiger partial charge in [0, 0.05) is 4.90 Å². The number of methoxy groups -OCH3 is 4. The molecule has 2 aliphatic heterocycles. The summed E-state index contributed by atoms with van der Waals surface area (Å²) < 4.78 is 19.4. The van der Waals surface area contributed by atoms with Crippen LogP contribution in [0.15, 0.2) is 51.6 Å². The number of hydrogen-bond acceptors (Lipinski definition) is 10. The second-order valence-corrected chi connectivity index (χ2v) is 6.91. The molecule has 0 saturated carbocycles. The van der Waals surface area contributed by atoms with Gasteiger partial charge in [0.2, 0.25) is 0 Å². The summed E-state index contributed by atoms with van der Waals surface area (Å²) in [5.41, 5.74) is -0.619. The van der Waals surface area contributed by atoms with Crippen molar-refractivity contribution in [3.05, 3.63) is 46.7 Å². The normalized spacial score (nSPS) is 17.4. The highest BCUT2D eigenvalue weighted by Crippen LogP contribution is 2.52. The maximum absolute atomic E-state index is 12.7. The largest absolute Gasteiger partial charge is 0.466 e. The van der Waals surface area contributed by atoms with Crippen molar-refractivity contribution in [3.8, 4) is 0 Å². The molecular formula is C19H17NO8S.